The lowest BCUT2D eigenvalue weighted by molar-refractivity contribution is 0.328. The smallest absolute Gasteiger partial charge is 0.0519 e. The molecule has 0 spiro atoms. The van der Waals surface area contributed by atoms with Gasteiger partial charge >= 0.3 is 0 Å². The molecule has 4 heteroatoms. The van der Waals surface area contributed by atoms with Gasteiger partial charge in [-0.3, -0.25) is 10.00 Å². The van der Waals surface area contributed by atoms with Gasteiger partial charge in [0.1, 0.15) is 0 Å². The lowest BCUT2D eigenvalue weighted by Crippen LogP contribution is -2.19. The molecule has 0 unspecified atom stereocenters. The molecule has 1 fully saturated rings. The van der Waals surface area contributed by atoms with E-state index in [0.717, 1.165) is 13.1 Å². The molecular formula is C14H19N3S. The molecule has 2 aromatic rings. The quantitative estimate of drug-likeness (QED) is 0.920. The third kappa shape index (κ3) is 2.22. The molecule has 0 saturated carbocycles. The molecule has 0 radical (unpaired) electrons. The predicted octanol–water partition coefficient (Wildman–Crippen LogP) is 3.08. The van der Waals surface area contributed by atoms with Gasteiger partial charge in [-0.15, -0.1) is 11.3 Å². The van der Waals surface area contributed by atoms with E-state index in [1.54, 1.807) is 0 Å². The van der Waals surface area contributed by atoms with Gasteiger partial charge in [0.05, 0.1) is 6.20 Å². The number of rotatable bonds is 3. The van der Waals surface area contributed by atoms with Crippen LogP contribution in [0, 0.1) is 13.8 Å². The maximum Gasteiger partial charge on any atom is 0.0519 e. The fourth-order valence-corrected chi connectivity index (χ4v) is 3.70. The Morgan fingerprint density at radius 1 is 1.44 bits per heavy atom. The zero-order chi connectivity index (χ0) is 12.5. The Morgan fingerprint density at radius 3 is 3.00 bits per heavy atom. The van der Waals surface area contributed by atoms with Crippen molar-refractivity contribution in [2.45, 2.75) is 32.7 Å². The van der Waals surface area contributed by atoms with E-state index in [4.69, 9.17) is 0 Å². The Labute approximate surface area is 112 Å². The molecule has 1 N–H and O–H groups in total. The molecule has 3 rings (SSSR count). The second-order valence-corrected chi connectivity index (χ2v) is 6.21. The third-order valence-corrected chi connectivity index (χ3v) is 4.89. The van der Waals surface area contributed by atoms with Gasteiger partial charge in [0.15, 0.2) is 0 Å². The summed E-state index contributed by atoms with van der Waals surface area (Å²) in [5, 5.41) is 9.50. The lowest BCUT2D eigenvalue weighted by Gasteiger charge is -2.15. The second-order valence-electron chi connectivity index (χ2n) is 5.21. The number of nitrogens with zero attached hydrogens (tertiary/aromatic N) is 2. The summed E-state index contributed by atoms with van der Waals surface area (Å²) in [5.74, 6) is 0.632. The van der Waals surface area contributed by atoms with E-state index in [9.17, 15) is 0 Å². The van der Waals surface area contributed by atoms with E-state index in [0.29, 0.717) is 5.92 Å². The molecule has 0 aliphatic carbocycles. The molecule has 0 aromatic carbocycles. The zero-order valence-electron chi connectivity index (χ0n) is 10.9. The highest BCUT2D eigenvalue weighted by Crippen LogP contribution is 2.29. The number of H-pyrrole nitrogens is 1. The van der Waals surface area contributed by atoms with Gasteiger partial charge in [-0.05, 0) is 49.4 Å². The van der Waals surface area contributed by atoms with Crippen LogP contribution in [0.2, 0.25) is 0 Å². The number of thiophene rings is 1. The molecule has 1 aliphatic rings. The third-order valence-electron chi connectivity index (χ3n) is 3.88. The number of aromatic amines is 1. The average molecular weight is 261 g/mol. The number of likely N-dealkylation sites (tertiary alicyclic amines) is 1. The van der Waals surface area contributed by atoms with Gasteiger partial charge in [-0.2, -0.15) is 5.10 Å². The van der Waals surface area contributed by atoms with Crippen molar-refractivity contribution in [1.82, 2.24) is 15.1 Å². The van der Waals surface area contributed by atoms with Crippen molar-refractivity contribution in [3.8, 4) is 0 Å². The lowest BCUT2D eigenvalue weighted by atomic mass is 10.0. The average Bonchev–Trinajstić information content (AvgIpc) is 3.03. The summed E-state index contributed by atoms with van der Waals surface area (Å²) in [5.41, 5.74) is 4.07. The van der Waals surface area contributed by atoms with Gasteiger partial charge < -0.3 is 0 Å². The molecule has 0 bridgehead atoms. The first-order valence-corrected chi connectivity index (χ1v) is 7.37. The van der Waals surface area contributed by atoms with E-state index < -0.39 is 0 Å². The number of hydrogen-bond acceptors (Lipinski definition) is 3. The van der Waals surface area contributed by atoms with Crippen LogP contribution in [0.5, 0.6) is 0 Å². The number of aryl methyl sites for hydroxylation is 2. The topological polar surface area (TPSA) is 31.9 Å². The highest BCUT2D eigenvalue weighted by Gasteiger charge is 2.26. The van der Waals surface area contributed by atoms with Crippen LogP contribution in [-0.2, 0) is 6.54 Å². The predicted molar refractivity (Wildman–Crippen MR) is 75.0 cm³/mol. The maximum atomic E-state index is 4.14. The Morgan fingerprint density at radius 2 is 2.33 bits per heavy atom. The summed E-state index contributed by atoms with van der Waals surface area (Å²) in [6.07, 6.45) is 3.18. The summed E-state index contributed by atoms with van der Waals surface area (Å²) in [6, 6.07) is 2.21. The van der Waals surface area contributed by atoms with Crippen LogP contribution in [0.15, 0.2) is 17.6 Å². The highest BCUT2D eigenvalue weighted by molar-refractivity contribution is 7.10. The van der Waals surface area contributed by atoms with E-state index in [2.05, 4.69) is 40.4 Å². The number of hydrogen-bond donors (Lipinski definition) is 1. The van der Waals surface area contributed by atoms with Crippen molar-refractivity contribution >= 4 is 11.3 Å². The van der Waals surface area contributed by atoms with Crippen molar-refractivity contribution in [2.24, 2.45) is 0 Å². The fraction of sp³-hybridized carbons (Fsp3) is 0.500. The first-order chi connectivity index (χ1) is 8.74. The molecule has 96 valence electrons. The minimum Gasteiger partial charge on any atom is -0.298 e. The van der Waals surface area contributed by atoms with Gasteiger partial charge in [0.25, 0.3) is 0 Å². The van der Waals surface area contributed by atoms with Gasteiger partial charge in [0.2, 0.25) is 0 Å². The van der Waals surface area contributed by atoms with Crippen LogP contribution < -0.4 is 0 Å². The minimum absolute atomic E-state index is 0.632. The fourth-order valence-electron chi connectivity index (χ4n) is 2.75. The van der Waals surface area contributed by atoms with Crippen molar-refractivity contribution in [3.05, 3.63) is 39.3 Å². The van der Waals surface area contributed by atoms with Crippen molar-refractivity contribution in [2.75, 3.05) is 13.1 Å². The Balaban J connectivity index is 1.66. The SMILES string of the molecule is Cc1cn[nH]c1[C@@H]1CCN(Cc2sccc2C)C1. The summed E-state index contributed by atoms with van der Waals surface area (Å²) in [6.45, 7) is 7.80. The largest absolute Gasteiger partial charge is 0.298 e. The maximum absolute atomic E-state index is 4.14. The van der Waals surface area contributed by atoms with Crippen LogP contribution in [0.1, 0.15) is 34.0 Å². The monoisotopic (exact) mass is 261 g/mol. The second kappa shape index (κ2) is 4.86. The van der Waals surface area contributed by atoms with Crippen molar-refractivity contribution < 1.29 is 0 Å². The molecule has 0 amide bonds. The van der Waals surface area contributed by atoms with Crippen molar-refractivity contribution in [1.29, 1.82) is 0 Å². The molecule has 18 heavy (non-hydrogen) atoms. The Hall–Kier alpha value is -1.13. The van der Waals surface area contributed by atoms with Crippen LogP contribution in [0.3, 0.4) is 0 Å². The summed E-state index contributed by atoms with van der Waals surface area (Å²) >= 11 is 1.88. The Bertz CT molecular complexity index is 529. The molecular weight excluding hydrogens is 242 g/mol. The van der Waals surface area contributed by atoms with E-state index >= 15 is 0 Å². The Kier molecular flexibility index (Phi) is 3.22. The molecule has 1 saturated heterocycles. The molecule has 2 aromatic heterocycles. The van der Waals surface area contributed by atoms with Gasteiger partial charge in [-0.25, -0.2) is 0 Å². The highest BCUT2D eigenvalue weighted by atomic mass is 32.1. The standard InChI is InChI=1S/C14H19N3S/c1-10-4-6-18-13(10)9-17-5-3-12(8-17)14-11(2)7-15-16-14/h4,6-7,12H,3,5,8-9H2,1-2H3,(H,15,16)/t12-/m1/s1. The van der Waals surface area contributed by atoms with Crippen LogP contribution in [0.4, 0.5) is 0 Å². The van der Waals surface area contributed by atoms with E-state index in [1.807, 2.05) is 17.5 Å². The van der Waals surface area contributed by atoms with E-state index in [-0.39, 0.29) is 0 Å². The molecule has 1 aliphatic heterocycles. The van der Waals surface area contributed by atoms with E-state index in [1.165, 1.54) is 34.7 Å². The van der Waals surface area contributed by atoms with Crippen LogP contribution in [0.25, 0.3) is 0 Å². The molecule has 3 heterocycles. The number of nitrogens with one attached hydrogen (secondary N) is 1. The van der Waals surface area contributed by atoms with Gasteiger partial charge in [0, 0.05) is 29.6 Å². The van der Waals surface area contributed by atoms with Crippen LogP contribution in [-0.4, -0.2) is 28.2 Å². The normalized spacial score (nSPS) is 20.7. The molecule has 3 nitrogen and oxygen atoms in total. The first kappa shape index (κ1) is 11.9. The summed E-state index contributed by atoms with van der Waals surface area (Å²) < 4.78 is 0. The summed E-state index contributed by atoms with van der Waals surface area (Å²) in [7, 11) is 0. The molecule has 1 atom stereocenters. The first-order valence-electron chi connectivity index (χ1n) is 6.49. The van der Waals surface area contributed by atoms with Crippen molar-refractivity contribution in [3.63, 3.8) is 0 Å². The van der Waals surface area contributed by atoms with Gasteiger partial charge in [-0.1, -0.05) is 0 Å². The minimum atomic E-state index is 0.632. The summed E-state index contributed by atoms with van der Waals surface area (Å²) in [4.78, 5) is 4.07. The van der Waals surface area contributed by atoms with Crippen LogP contribution >= 0.6 is 11.3 Å². The number of aromatic nitrogens is 2. The zero-order valence-corrected chi connectivity index (χ0v) is 11.8.